The molecule has 0 saturated heterocycles. The van der Waals surface area contributed by atoms with E-state index in [1.165, 1.54) is 7.05 Å². The third-order valence-electron chi connectivity index (χ3n) is 1.40. The highest BCUT2D eigenvalue weighted by atomic mass is 16.4. The number of aromatic carboxylic acids is 1. The molecule has 0 bridgehead atoms. The first-order chi connectivity index (χ1) is 6.04. The zero-order valence-corrected chi connectivity index (χ0v) is 6.93. The summed E-state index contributed by atoms with van der Waals surface area (Å²) < 4.78 is 0. The van der Waals surface area contributed by atoms with Crippen molar-refractivity contribution in [2.75, 3.05) is 17.8 Å². The number of hydrazine groups is 1. The number of hydrogen-bond donors (Lipinski definition) is 3. The Balaban J connectivity index is 3.26. The average molecular weight is 183 g/mol. The van der Waals surface area contributed by atoms with Crippen LogP contribution in [0.25, 0.3) is 0 Å². The van der Waals surface area contributed by atoms with Gasteiger partial charge >= 0.3 is 5.97 Å². The average Bonchev–Trinajstić information content (AvgIpc) is 2.03. The fraction of sp³-hybridized carbons (Fsp3) is 0.167. The number of carboxylic acids is 1. The van der Waals surface area contributed by atoms with Gasteiger partial charge in [0.15, 0.2) is 11.5 Å². The maximum absolute atomic E-state index is 10.6. The van der Waals surface area contributed by atoms with Crippen LogP contribution in [0.4, 0.5) is 11.5 Å². The summed E-state index contributed by atoms with van der Waals surface area (Å²) in [6.07, 6.45) is 1.10. The molecule has 0 unspecified atom stereocenters. The van der Waals surface area contributed by atoms with Crippen molar-refractivity contribution in [1.29, 1.82) is 0 Å². The lowest BCUT2D eigenvalue weighted by Gasteiger charge is -2.13. The summed E-state index contributed by atoms with van der Waals surface area (Å²) in [5.41, 5.74) is 5.17. The number of rotatable bonds is 2. The van der Waals surface area contributed by atoms with Gasteiger partial charge in [0.05, 0.1) is 0 Å². The molecule has 13 heavy (non-hydrogen) atoms. The zero-order valence-electron chi connectivity index (χ0n) is 6.93. The molecule has 0 aliphatic rings. The van der Waals surface area contributed by atoms with Crippen LogP contribution >= 0.6 is 0 Å². The number of nitrogens with zero attached hydrogens (tertiary/aromatic N) is 3. The van der Waals surface area contributed by atoms with Crippen LogP contribution in [0, 0.1) is 0 Å². The Morgan fingerprint density at radius 3 is 2.69 bits per heavy atom. The highest BCUT2D eigenvalue weighted by molar-refractivity contribution is 5.93. The van der Waals surface area contributed by atoms with E-state index in [4.69, 9.17) is 16.7 Å². The summed E-state index contributed by atoms with van der Waals surface area (Å²) in [5.74, 6) is 4.34. The molecule has 0 aliphatic heterocycles. The molecule has 0 aromatic carbocycles. The monoisotopic (exact) mass is 183 g/mol. The highest BCUT2D eigenvalue weighted by Gasteiger charge is 2.14. The van der Waals surface area contributed by atoms with E-state index in [0.29, 0.717) is 0 Å². The molecule has 0 saturated carbocycles. The van der Waals surface area contributed by atoms with Crippen molar-refractivity contribution < 1.29 is 9.90 Å². The van der Waals surface area contributed by atoms with Crippen molar-refractivity contribution in [2.24, 2.45) is 5.84 Å². The third kappa shape index (κ3) is 1.64. The number of carboxylic acid groups (broad SMARTS) is 1. The SMILES string of the molecule is CN(N)c1ncnc(C(=O)O)c1N. The molecule has 0 aliphatic carbocycles. The normalized spacial score (nSPS) is 9.69. The second-order valence-corrected chi connectivity index (χ2v) is 2.38. The first-order valence-corrected chi connectivity index (χ1v) is 3.36. The minimum absolute atomic E-state index is 0.0417. The Labute approximate surface area is 74.0 Å². The van der Waals surface area contributed by atoms with Crippen molar-refractivity contribution >= 4 is 17.5 Å². The number of aromatic nitrogens is 2. The molecule has 7 heteroatoms. The van der Waals surface area contributed by atoms with Crippen molar-refractivity contribution in [3.05, 3.63) is 12.0 Å². The smallest absolute Gasteiger partial charge is 0.356 e. The van der Waals surface area contributed by atoms with E-state index in [2.05, 4.69) is 9.97 Å². The van der Waals surface area contributed by atoms with Gasteiger partial charge in [-0.25, -0.2) is 20.6 Å². The Morgan fingerprint density at radius 2 is 2.23 bits per heavy atom. The van der Waals surface area contributed by atoms with Crippen LogP contribution in [0.5, 0.6) is 0 Å². The zero-order chi connectivity index (χ0) is 10.0. The summed E-state index contributed by atoms with van der Waals surface area (Å²) in [6.45, 7) is 0. The van der Waals surface area contributed by atoms with Gasteiger partial charge in [0.25, 0.3) is 0 Å². The van der Waals surface area contributed by atoms with Crippen molar-refractivity contribution in [2.45, 2.75) is 0 Å². The van der Waals surface area contributed by atoms with Crippen molar-refractivity contribution in [3.63, 3.8) is 0 Å². The summed E-state index contributed by atoms with van der Waals surface area (Å²) in [5, 5.41) is 9.77. The van der Waals surface area contributed by atoms with E-state index in [0.717, 1.165) is 11.3 Å². The third-order valence-corrected chi connectivity index (χ3v) is 1.40. The van der Waals surface area contributed by atoms with Crippen molar-refractivity contribution in [1.82, 2.24) is 9.97 Å². The van der Waals surface area contributed by atoms with E-state index in [9.17, 15) is 4.79 Å². The van der Waals surface area contributed by atoms with Crippen LogP contribution in [0.1, 0.15) is 10.5 Å². The Hall–Kier alpha value is -1.89. The molecule has 0 spiro atoms. The Morgan fingerprint density at radius 1 is 1.62 bits per heavy atom. The maximum atomic E-state index is 10.6. The quantitative estimate of drug-likeness (QED) is 0.400. The van der Waals surface area contributed by atoms with E-state index >= 15 is 0 Å². The molecular weight excluding hydrogens is 174 g/mol. The lowest BCUT2D eigenvalue weighted by molar-refractivity contribution is 0.0691. The van der Waals surface area contributed by atoms with Crippen LogP contribution < -0.4 is 16.6 Å². The van der Waals surface area contributed by atoms with Gasteiger partial charge in [-0.2, -0.15) is 0 Å². The minimum atomic E-state index is -1.21. The van der Waals surface area contributed by atoms with Gasteiger partial charge in [-0.1, -0.05) is 0 Å². The molecule has 70 valence electrons. The van der Waals surface area contributed by atoms with Crippen LogP contribution in [0.15, 0.2) is 6.33 Å². The van der Waals surface area contributed by atoms with Crippen LogP contribution in [-0.4, -0.2) is 28.1 Å². The Bertz CT molecular complexity index is 338. The lowest BCUT2D eigenvalue weighted by Crippen LogP contribution is -2.28. The summed E-state index contributed by atoms with van der Waals surface area (Å²) in [7, 11) is 1.50. The van der Waals surface area contributed by atoms with Gasteiger partial charge < -0.3 is 10.8 Å². The number of anilines is 2. The molecule has 0 radical (unpaired) electrons. The predicted molar refractivity (Wildman–Crippen MR) is 46.0 cm³/mol. The van der Waals surface area contributed by atoms with E-state index in [1.54, 1.807) is 0 Å². The standard InChI is InChI=1S/C6H9N5O2/c1-11(8)5-3(7)4(6(12)13)9-2-10-5/h2H,7-8H2,1H3,(H,12,13). The summed E-state index contributed by atoms with van der Waals surface area (Å²) >= 11 is 0. The fourth-order valence-corrected chi connectivity index (χ4v) is 0.838. The van der Waals surface area contributed by atoms with Gasteiger partial charge in [0, 0.05) is 7.05 Å². The second-order valence-electron chi connectivity index (χ2n) is 2.38. The molecule has 1 aromatic rings. The first-order valence-electron chi connectivity index (χ1n) is 3.36. The largest absolute Gasteiger partial charge is 0.476 e. The minimum Gasteiger partial charge on any atom is -0.476 e. The molecule has 1 rings (SSSR count). The number of nitrogen functional groups attached to an aromatic ring is 1. The first kappa shape index (κ1) is 9.20. The topological polar surface area (TPSA) is 118 Å². The van der Waals surface area contributed by atoms with Gasteiger partial charge in [-0.3, -0.25) is 5.01 Å². The Kier molecular flexibility index (Phi) is 2.29. The van der Waals surface area contributed by atoms with Crippen LogP contribution in [0.2, 0.25) is 0 Å². The molecule has 0 fully saturated rings. The number of carbonyl (C=O) groups is 1. The molecule has 1 heterocycles. The molecule has 0 atom stereocenters. The van der Waals surface area contributed by atoms with Crippen LogP contribution in [0.3, 0.4) is 0 Å². The van der Waals surface area contributed by atoms with E-state index < -0.39 is 5.97 Å². The van der Waals surface area contributed by atoms with Crippen LogP contribution in [-0.2, 0) is 0 Å². The van der Waals surface area contributed by atoms with Gasteiger partial charge in [0.2, 0.25) is 0 Å². The molecule has 0 amide bonds. The summed E-state index contributed by atoms with van der Waals surface area (Å²) in [6, 6.07) is 0. The predicted octanol–water partition coefficient (Wildman–Crippen LogP) is -0.933. The van der Waals surface area contributed by atoms with Gasteiger partial charge in [0.1, 0.15) is 12.0 Å². The van der Waals surface area contributed by atoms with E-state index in [1.807, 2.05) is 0 Å². The van der Waals surface area contributed by atoms with Gasteiger partial charge in [-0.15, -0.1) is 0 Å². The molecule has 1 aromatic heterocycles. The molecule has 5 N–H and O–H groups in total. The maximum Gasteiger partial charge on any atom is 0.356 e. The van der Waals surface area contributed by atoms with Gasteiger partial charge in [-0.05, 0) is 0 Å². The fourth-order valence-electron chi connectivity index (χ4n) is 0.838. The number of hydrogen-bond acceptors (Lipinski definition) is 6. The second kappa shape index (κ2) is 3.23. The molecular formula is C6H9N5O2. The highest BCUT2D eigenvalue weighted by Crippen LogP contribution is 2.18. The van der Waals surface area contributed by atoms with Crippen molar-refractivity contribution in [3.8, 4) is 0 Å². The molecule has 7 nitrogen and oxygen atoms in total. The van der Waals surface area contributed by atoms with E-state index in [-0.39, 0.29) is 17.2 Å². The summed E-state index contributed by atoms with van der Waals surface area (Å²) in [4.78, 5) is 17.8. The number of nitrogens with two attached hydrogens (primary N) is 2. The lowest BCUT2D eigenvalue weighted by atomic mass is 10.3.